The van der Waals surface area contributed by atoms with Gasteiger partial charge in [0.15, 0.2) is 0 Å². The van der Waals surface area contributed by atoms with Gasteiger partial charge >= 0.3 is 0 Å². The molecule has 118 valence electrons. The summed E-state index contributed by atoms with van der Waals surface area (Å²) in [4.78, 5) is 21.9. The van der Waals surface area contributed by atoms with Gasteiger partial charge in [0.25, 0.3) is 5.91 Å². The molecule has 1 unspecified atom stereocenters. The van der Waals surface area contributed by atoms with Crippen molar-refractivity contribution in [3.05, 3.63) is 54.0 Å². The number of nitrogens with zero attached hydrogens (tertiary/aromatic N) is 2. The third kappa shape index (κ3) is 2.40. The number of aromatic nitrogens is 2. The normalized spacial score (nSPS) is 15.7. The Labute approximate surface area is 132 Å². The molecule has 0 spiro atoms. The second-order valence-electron chi connectivity index (χ2n) is 5.89. The largest absolute Gasteiger partial charge is 0.467 e. The van der Waals surface area contributed by atoms with Crippen molar-refractivity contribution >= 4 is 16.9 Å². The molecule has 1 fully saturated rings. The number of halogens is 1. The third-order valence-electron chi connectivity index (χ3n) is 4.27. The molecule has 23 heavy (non-hydrogen) atoms. The molecule has 1 aromatic carbocycles. The van der Waals surface area contributed by atoms with Gasteiger partial charge in [-0.2, -0.15) is 0 Å². The molecule has 2 aromatic heterocycles. The van der Waals surface area contributed by atoms with E-state index in [-0.39, 0.29) is 23.6 Å². The Hall–Kier alpha value is -2.63. The Kier molecular flexibility index (Phi) is 3.18. The minimum atomic E-state index is -0.452. The fourth-order valence-electron chi connectivity index (χ4n) is 2.99. The molecule has 1 saturated carbocycles. The lowest BCUT2D eigenvalue weighted by Crippen LogP contribution is -2.35. The monoisotopic (exact) mass is 313 g/mol. The number of hydrogen-bond acceptors (Lipinski definition) is 3. The first-order valence-electron chi connectivity index (χ1n) is 7.64. The molecule has 1 N–H and O–H groups in total. The number of rotatable bonds is 4. The average molecular weight is 313 g/mol. The molecule has 1 aliphatic rings. The molecule has 0 radical (unpaired) electrons. The van der Waals surface area contributed by atoms with Gasteiger partial charge in [0, 0.05) is 6.04 Å². The van der Waals surface area contributed by atoms with Crippen LogP contribution < -0.4 is 0 Å². The van der Waals surface area contributed by atoms with Crippen LogP contribution in [0.25, 0.3) is 11.0 Å². The van der Waals surface area contributed by atoms with E-state index in [4.69, 9.17) is 4.42 Å². The van der Waals surface area contributed by atoms with Gasteiger partial charge in [-0.1, -0.05) is 0 Å². The van der Waals surface area contributed by atoms with E-state index in [9.17, 15) is 9.18 Å². The van der Waals surface area contributed by atoms with Gasteiger partial charge < -0.3 is 14.3 Å². The van der Waals surface area contributed by atoms with Crippen molar-refractivity contribution in [2.75, 3.05) is 0 Å². The van der Waals surface area contributed by atoms with Crippen LogP contribution in [0.5, 0.6) is 0 Å². The van der Waals surface area contributed by atoms with Gasteiger partial charge in [0.1, 0.15) is 17.1 Å². The topological polar surface area (TPSA) is 62.1 Å². The zero-order valence-corrected chi connectivity index (χ0v) is 12.6. The second kappa shape index (κ2) is 5.22. The predicted molar refractivity (Wildman–Crippen MR) is 82.4 cm³/mol. The quantitative estimate of drug-likeness (QED) is 0.799. The first-order chi connectivity index (χ1) is 11.1. The number of fused-ring (bicyclic) bond motifs is 1. The Morgan fingerprint density at radius 3 is 3.00 bits per heavy atom. The Balaban J connectivity index is 1.76. The molecule has 3 aromatic rings. The van der Waals surface area contributed by atoms with Crippen molar-refractivity contribution in [3.63, 3.8) is 0 Å². The highest BCUT2D eigenvalue weighted by Crippen LogP contribution is 2.36. The molecular weight excluding hydrogens is 297 g/mol. The lowest BCUT2D eigenvalue weighted by molar-refractivity contribution is 0.0654. The van der Waals surface area contributed by atoms with E-state index in [1.54, 1.807) is 17.2 Å². The van der Waals surface area contributed by atoms with Gasteiger partial charge in [0.2, 0.25) is 0 Å². The van der Waals surface area contributed by atoms with Crippen LogP contribution in [0.3, 0.4) is 0 Å². The van der Waals surface area contributed by atoms with Crippen molar-refractivity contribution in [2.45, 2.75) is 31.8 Å². The molecule has 4 rings (SSSR count). The molecule has 0 aliphatic heterocycles. The van der Waals surface area contributed by atoms with Crippen LogP contribution in [0.4, 0.5) is 4.39 Å². The second-order valence-corrected chi connectivity index (χ2v) is 5.89. The van der Waals surface area contributed by atoms with E-state index in [0.29, 0.717) is 11.0 Å². The zero-order chi connectivity index (χ0) is 16.0. The summed E-state index contributed by atoms with van der Waals surface area (Å²) >= 11 is 0. The first kappa shape index (κ1) is 14.0. The van der Waals surface area contributed by atoms with Crippen LogP contribution >= 0.6 is 0 Å². The number of hydrogen-bond donors (Lipinski definition) is 1. The average Bonchev–Trinajstić information content (AvgIpc) is 3.04. The summed E-state index contributed by atoms with van der Waals surface area (Å²) in [7, 11) is 0. The van der Waals surface area contributed by atoms with E-state index in [2.05, 4.69) is 9.97 Å². The van der Waals surface area contributed by atoms with Crippen LogP contribution in [-0.4, -0.2) is 26.8 Å². The van der Waals surface area contributed by atoms with Crippen LogP contribution in [0.15, 0.2) is 41.3 Å². The van der Waals surface area contributed by atoms with Crippen molar-refractivity contribution in [1.82, 2.24) is 14.9 Å². The molecule has 2 heterocycles. The van der Waals surface area contributed by atoms with Gasteiger partial charge in [-0.3, -0.25) is 4.79 Å². The van der Waals surface area contributed by atoms with Crippen molar-refractivity contribution in [2.24, 2.45) is 0 Å². The summed E-state index contributed by atoms with van der Waals surface area (Å²) in [5, 5.41) is 0. The molecule has 5 nitrogen and oxygen atoms in total. The Morgan fingerprint density at radius 1 is 1.48 bits per heavy atom. The van der Waals surface area contributed by atoms with Gasteiger partial charge in [-0.25, -0.2) is 9.37 Å². The smallest absolute Gasteiger partial charge is 0.257 e. The highest BCUT2D eigenvalue weighted by atomic mass is 19.1. The number of H-pyrrole nitrogens is 1. The van der Waals surface area contributed by atoms with E-state index >= 15 is 0 Å². The first-order valence-corrected chi connectivity index (χ1v) is 7.64. The minimum Gasteiger partial charge on any atom is -0.467 e. The third-order valence-corrected chi connectivity index (χ3v) is 4.27. The molecule has 0 bridgehead atoms. The van der Waals surface area contributed by atoms with Crippen LogP contribution in [-0.2, 0) is 0 Å². The summed E-state index contributed by atoms with van der Waals surface area (Å²) in [6.45, 7) is 1.93. The minimum absolute atomic E-state index is 0.167. The summed E-state index contributed by atoms with van der Waals surface area (Å²) in [6.07, 6.45) is 4.97. The van der Waals surface area contributed by atoms with Crippen molar-refractivity contribution < 1.29 is 13.6 Å². The van der Waals surface area contributed by atoms with E-state index in [1.807, 2.05) is 13.0 Å². The summed E-state index contributed by atoms with van der Waals surface area (Å²) < 4.78 is 19.3. The van der Waals surface area contributed by atoms with Gasteiger partial charge in [0.05, 0.1) is 29.7 Å². The highest BCUT2D eigenvalue weighted by Gasteiger charge is 2.38. The number of benzene rings is 1. The number of nitrogens with one attached hydrogen (secondary N) is 1. The van der Waals surface area contributed by atoms with Crippen molar-refractivity contribution in [1.29, 1.82) is 0 Å². The number of aromatic amines is 1. The van der Waals surface area contributed by atoms with Crippen LogP contribution in [0.1, 0.15) is 41.9 Å². The van der Waals surface area contributed by atoms with Gasteiger partial charge in [-0.05, 0) is 44.0 Å². The Morgan fingerprint density at radius 2 is 2.30 bits per heavy atom. The fraction of sp³-hybridized carbons (Fsp3) is 0.294. The number of furan rings is 1. The molecule has 1 atom stereocenters. The van der Waals surface area contributed by atoms with Crippen LogP contribution in [0, 0.1) is 5.82 Å². The molecule has 1 amide bonds. The van der Waals surface area contributed by atoms with E-state index < -0.39 is 5.82 Å². The highest BCUT2D eigenvalue weighted by molar-refractivity contribution is 6.05. The fourth-order valence-corrected chi connectivity index (χ4v) is 2.99. The van der Waals surface area contributed by atoms with Crippen LogP contribution in [0.2, 0.25) is 0 Å². The molecule has 6 heteroatoms. The summed E-state index contributed by atoms with van der Waals surface area (Å²) in [5.41, 5.74) is 1.30. The number of carbonyl (C=O) groups is 1. The number of imidazole rings is 1. The maximum absolute atomic E-state index is 13.9. The summed E-state index contributed by atoms with van der Waals surface area (Å²) in [5.74, 6) is 0.0550. The molecular formula is C17H16FN3O2. The standard InChI is InChI=1S/C17H16FN3O2/c1-10(15-3-2-6-23-15)21(12-4-5-12)17(22)13-7-11(18)8-14-16(13)20-9-19-14/h2-3,6-10,12H,4-5H2,1H3,(H,19,20). The number of carbonyl (C=O) groups excluding carboxylic acids is 1. The zero-order valence-electron chi connectivity index (χ0n) is 12.6. The van der Waals surface area contributed by atoms with Gasteiger partial charge in [-0.15, -0.1) is 0 Å². The molecule has 1 aliphatic carbocycles. The predicted octanol–water partition coefficient (Wildman–Crippen LogP) is 3.66. The van der Waals surface area contributed by atoms with Crippen molar-refractivity contribution in [3.8, 4) is 0 Å². The number of amides is 1. The maximum atomic E-state index is 13.9. The SMILES string of the molecule is CC(c1ccco1)N(C(=O)c1cc(F)cc2[nH]cnc12)C1CC1. The Bertz CT molecular complexity index is 852. The summed E-state index contributed by atoms with van der Waals surface area (Å²) in [6, 6.07) is 6.22. The lowest BCUT2D eigenvalue weighted by atomic mass is 10.1. The van der Waals surface area contributed by atoms with E-state index in [0.717, 1.165) is 18.6 Å². The molecule has 0 saturated heterocycles. The lowest BCUT2D eigenvalue weighted by Gasteiger charge is -2.28. The maximum Gasteiger partial charge on any atom is 0.257 e. The van der Waals surface area contributed by atoms with E-state index in [1.165, 1.54) is 18.5 Å².